The van der Waals surface area contributed by atoms with Gasteiger partial charge in [0.05, 0.1) is 21.5 Å². The standard InChI is InChI=1S/C15H24O4/c1-7-8-9-10(2)15(13(17)19-6)11(12(16)18-5)14(15,3)4/h11H,2,7-9H2,1,3-6H3/t11-,15-/m1/s1/i2D. The van der Waals surface area contributed by atoms with Gasteiger partial charge in [-0.3, -0.25) is 9.59 Å². The first-order chi connectivity index (χ1) is 9.35. The van der Waals surface area contributed by atoms with E-state index in [0.29, 0.717) is 12.0 Å². The number of rotatable bonds is 6. The molecule has 0 N–H and O–H groups in total. The highest BCUT2D eigenvalue weighted by Gasteiger charge is 2.80. The minimum Gasteiger partial charge on any atom is -0.469 e. The van der Waals surface area contributed by atoms with Gasteiger partial charge < -0.3 is 9.47 Å². The van der Waals surface area contributed by atoms with E-state index in [4.69, 9.17) is 10.8 Å². The summed E-state index contributed by atoms with van der Waals surface area (Å²) in [6.45, 7) is 6.95. The van der Waals surface area contributed by atoms with Gasteiger partial charge in [-0.15, -0.1) is 0 Å². The number of carbonyl (C=O) groups is 2. The predicted octanol–water partition coefficient (Wildman–Crippen LogP) is 2.72. The first-order valence-corrected chi connectivity index (χ1v) is 6.60. The SMILES string of the molecule is [2H]C=C(CCCC)[C@]1(C(=O)OC)[C@H](C(=O)OC)C1(C)C. The predicted molar refractivity (Wildman–Crippen MR) is 72.4 cm³/mol. The van der Waals surface area contributed by atoms with E-state index < -0.39 is 28.7 Å². The lowest BCUT2D eigenvalue weighted by molar-refractivity contribution is -0.151. The average Bonchev–Trinajstić information content (AvgIpc) is 2.96. The molecule has 0 aromatic rings. The maximum atomic E-state index is 12.4. The Morgan fingerprint density at radius 1 is 1.32 bits per heavy atom. The molecule has 1 rings (SSSR count). The van der Waals surface area contributed by atoms with Crippen LogP contribution in [0.25, 0.3) is 0 Å². The van der Waals surface area contributed by atoms with Gasteiger partial charge in [-0.2, -0.15) is 0 Å². The molecular formula is C15H24O4. The van der Waals surface area contributed by atoms with E-state index in [1.165, 1.54) is 20.8 Å². The summed E-state index contributed by atoms with van der Waals surface area (Å²) in [6.07, 6.45) is 2.44. The maximum Gasteiger partial charge on any atom is 0.317 e. The molecule has 2 atom stereocenters. The molecule has 4 heteroatoms. The average molecular weight is 269 g/mol. The van der Waals surface area contributed by atoms with Gasteiger partial charge in [-0.1, -0.05) is 39.3 Å². The highest BCUT2D eigenvalue weighted by molar-refractivity contribution is 5.96. The number of esters is 2. The number of methoxy groups -OCH3 is 2. The van der Waals surface area contributed by atoms with Crippen molar-refractivity contribution >= 4 is 11.9 Å². The van der Waals surface area contributed by atoms with Crippen LogP contribution >= 0.6 is 0 Å². The number of carbonyl (C=O) groups excluding carboxylic acids is 2. The van der Waals surface area contributed by atoms with Crippen molar-refractivity contribution in [2.45, 2.75) is 40.0 Å². The second kappa shape index (κ2) is 5.35. The van der Waals surface area contributed by atoms with E-state index >= 15 is 0 Å². The molecule has 0 aromatic carbocycles. The zero-order valence-electron chi connectivity index (χ0n) is 13.4. The molecule has 0 aromatic heterocycles. The minimum atomic E-state index is -1.05. The van der Waals surface area contributed by atoms with Crippen LogP contribution in [0.5, 0.6) is 0 Å². The smallest absolute Gasteiger partial charge is 0.317 e. The van der Waals surface area contributed by atoms with Crippen molar-refractivity contribution in [3.63, 3.8) is 0 Å². The Morgan fingerprint density at radius 3 is 2.37 bits per heavy atom. The molecule has 1 aliphatic carbocycles. The van der Waals surface area contributed by atoms with E-state index in [2.05, 4.69) is 0 Å². The lowest BCUT2D eigenvalue weighted by Gasteiger charge is -2.20. The number of hydrogen-bond acceptors (Lipinski definition) is 4. The van der Waals surface area contributed by atoms with Crippen molar-refractivity contribution in [1.29, 1.82) is 0 Å². The molecule has 0 radical (unpaired) electrons. The van der Waals surface area contributed by atoms with Crippen molar-refractivity contribution in [1.82, 2.24) is 0 Å². The Bertz CT molecular complexity index is 428. The molecule has 0 amide bonds. The van der Waals surface area contributed by atoms with Crippen LogP contribution in [0.1, 0.15) is 41.4 Å². The van der Waals surface area contributed by atoms with Crippen LogP contribution in [0.15, 0.2) is 12.1 Å². The lowest BCUT2D eigenvalue weighted by atomic mass is 9.85. The highest BCUT2D eigenvalue weighted by Crippen LogP contribution is 2.73. The topological polar surface area (TPSA) is 52.6 Å². The van der Waals surface area contributed by atoms with Crippen molar-refractivity contribution in [2.75, 3.05) is 14.2 Å². The number of unbranched alkanes of at least 4 members (excludes halogenated alkanes) is 1. The largest absolute Gasteiger partial charge is 0.469 e. The number of ether oxygens (including phenoxy) is 2. The fraction of sp³-hybridized carbons (Fsp3) is 0.733. The van der Waals surface area contributed by atoms with Gasteiger partial charge in [0.1, 0.15) is 5.41 Å². The van der Waals surface area contributed by atoms with E-state index in [0.717, 1.165) is 12.8 Å². The van der Waals surface area contributed by atoms with Crippen LogP contribution in [0.3, 0.4) is 0 Å². The molecule has 108 valence electrons. The van der Waals surface area contributed by atoms with Gasteiger partial charge in [-0.25, -0.2) is 0 Å². The van der Waals surface area contributed by atoms with Crippen molar-refractivity contribution in [3.8, 4) is 0 Å². The molecule has 0 bridgehead atoms. The van der Waals surface area contributed by atoms with Gasteiger partial charge >= 0.3 is 11.9 Å². The first-order valence-electron chi connectivity index (χ1n) is 7.18. The number of hydrogen-bond donors (Lipinski definition) is 0. The van der Waals surface area contributed by atoms with Gasteiger partial charge in [-0.05, 0) is 12.8 Å². The van der Waals surface area contributed by atoms with Crippen molar-refractivity contribution < 1.29 is 20.4 Å². The van der Waals surface area contributed by atoms with Crippen molar-refractivity contribution in [2.24, 2.45) is 16.7 Å². The third-order valence-electron chi connectivity index (χ3n) is 4.34. The Morgan fingerprint density at radius 2 is 1.95 bits per heavy atom. The maximum absolute atomic E-state index is 12.4. The quantitative estimate of drug-likeness (QED) is 0.549. The molecule has 0 spiro atoms. The summed E-state index contributed by atoms with van der Waals surface area (Å²) in [4.78, 5) is 24.4. The Kier molecular flexibility index (Phi) is 3.97. The summed E-state index contributed by atoms with van der Waals surface area (Å²) in [6, 6.07) is 0. The lowest BCUT2D eigenvalue weighted by Crippen LogP contribution is -2.27. The van der Waals surface area contributed by atoms with E-state index in [9.17, 15) is 9.59 Å². The normalized spacial score (nSPS) is 29.4. The molecule has 0 aliphatic heterocycles. The molecule has 0 saturated heterocycles. The van der Waals surface area contributed by atoms with Crippen LogP contribution in [-0.2, 0) is 19.1 Å². The Balaban J connectivity index is 3.26. The van der Waals surface area contributed by atoms with Crippen LogP contribution in [0, 0.1) is 16.7 Å². The molecule has 0 heterocycles. The second-order valence-corrected chi connectivity index (χ2v) is 5.61. The highest BCUT2D eigenvalue weighted by atomic mass is 16.5. The van der Waals surface area contributed by atoms with Crippen LogP contribution in [0.4, 0.5) is 0 Å². The minimum absolute atomic E-state index is 0.420. The monoisotopic (exact) mass is 269 g/mol. The third kappa shape index (κ3) is 2.07. The zero-order valence-corrected chi connectivity index (χ0v) is 12.4. The molecular weight excluding hydrogens is 244 g/mol. The summed E-state index contributed by atoms with van der Waals surface area (Å²) >= 11 is 0. The molecule has 1 aliphatic rings. The summed E-state index contributed by atoms with van der Waals surface area (Å²) in [5.74, 6) is -1.45. The Labute approximate surface area is 116 Å². The summed E-state index contributed by atoms with van der Waals surface area (Å²) in [5.41, 5.74) is -0.980. The van der Waals surface area contributed by atoms with Crippen LogP contribution in [0.2, 0.25) is 0 Å². The molecule has 4 nitrogen and oxygen atoms in total. The molecule has 19 heavy (non-hydrogen) atoms. The van der Waals surface area contributed by atoms with Gasteiger partial charge in [0.15, 0.2) is 0 Å². The Hall–Kier alpha value is -1.32. The van der Waals surface area contributed by atoms with E-state index in [1.807, 2.05) is 20.8 Å². The van der Waals surface area contributed by atoms with Gasteiger partial charge in [0, 0.05) is 5.41 Å². The molecule has 1 saturated carbocycles. The summed E-state index contributed by atoms with van der Waals surface area (Å²) < 4.78 is 17.4. The van der Waals surface area contributed by atoms with Gasteiger partial charge in [0.25, 0.3) is 0 Å². The molecule has 1 fully saturated rings. The summed E-state index contributed by atoms with van der Waals surface area (Å²) in [7, 11) is 2.63. The second-order valence-electron chi connectivity index (χ2n) is 5.61. The first kappa shape index (κ1) is 14.1. The third-order valence-corrected chi connectivity index (χ3v) is 4.34. The fourth-order valence-electron chi connectivity index (χ4n) is 3.19. The molecule has 0 unspecified atom stereocenters. The van der Waals surface area contributed by atoms with E-state index in [1.54, 1.807) is 0 Å². The van der Waals surface area contributed by atoms with Crippen LogP contribution in [-0.4, -0.2) is 26.2 Å². The fourth-order valence-corrected chi connectivity index (χ4v) is 3.19. The van der Waals surface area contributed by atoms with E-state index in [-0.39, 0.29) is 0 Å². The summed E-state index contributed by atoms with van der Waals surface area (Å²) in [5, 5.41) is 0. The van der Waals surface area contributed by atoms with Crippen molar-refractivity contribution in [3.05, 3.63) is 12.1 Å². The van der Waals surface area contributed by atoms with Crippen LogP contribution < -0.4 is 0 Å². The van der Waals surface area contributed by atoms with Gasteiger partial charge in [0.2, 0.25) is 0 Å². The zero-order chi connectivity index (χ0) is 15.6.